The van der Waals surface area contributed by atoms with Gasteiger partial charge < -0.3 is 0 Å². The molecule has 1 saturated carbocycles. The van der Waals surface area contributed by atoms with E-state index in [1.54, 1.807) is 0 Å². The number of hydrogen-bond donors (Lipinski definition) is 0. The van der Waals surface area contributed by atoms with E-state index in [9.17, 15) is 0 Å². The molecule has 0 amide bonds. The van der Waals surface area contributed by atoms with Crippen LogP contribution in [-0.4, -0.2) is 24.0 Å². The zero-order valence-electron chi connectivity index (χ0n) is 13.4. The van der Waals surface area contributed by atoms with Crippen LogP contribution < -0.4 is 0 Å². The van der Waals surface area contributed by atoms with Crippen LogP contribution in [0.1, 0.15) is 57.9 Å². The van der Waals surface area contributed by atoms with Crippen molar-refractivity contribution in [1.29, 1.82) is 0 Å². The van der Waals surface area contributed by atoms with Crippen LogP contribution in [-0.2, 0) is 5.41 Å². The Bertz CT molecular complexity index is 463. The second-order valence-corrected chi connectivity index (χ2v) is 7.71. The third kappa shape index (κ3) is 3.14. The molecule has 3 rings (SSSR count). The van der Waals surface area contributed by atoms with E-state index < -0.39 is 0 Å². The average Bonchev–Trinajstić information content (AvgIpc) is 2.46. The molecule has 1 aliphatic heterocycles. The van der Waals surface area contributed by atoms with E-state index in [2.05, 4.69) is 43.0 Å². The van der Waals surface area contributed by atoms with E-state index in [-0.39, 0.29) is 0 Å². The number of hydrogen-bond acceptors (Lipinski definition) is 1. The highest BCUT2D eigenvalue weighted by atomic mass is 35.5. The Morgan fingerprint density at radius 2 is 1.90 bits per heavy atom. The summed E-state index contributed by atoms with van der Waals surface area (Å²) in [6.07, 6.45) is 8.18. The van der Waals surface area contributed by atoms with Gasteiger partial charge in [-0.2, -0.15) is 0 Å². The summed E-state index contributed by atoms with van der Waals surface area (Å²) in [5.41, 5.74) is 1.90. The Morgan fingerprint density at radius 3 is 2.48 bits per heavy atom. The molecule has 0 N–H and O–H groups in total. The van der Waals surface area contributed by atoms with E-state index in [1.807, 2.05) is 0 Å². The zero-order chi connectivity index (χ0) is 14.9. The van der Waals surface area contributed by atoms with Crippen molar-refractivity contribution in [3.63, 3.8) is 0 Å². The Labute approximate surface area is 134 Å². The molecule has 2 heteroatoms. The van der Waals surface area contributed by atoms with Gasteiger partial charge >= 0.3 is 0 Å². The van der Waals surface area contributed by atoms with Crippen LogP contribution in [0, 0.1) is 5.92 Å². The number of likely N-dealkylation sites (tertiary alicyclic amines) is 1. The van der Waals surface area contributed by atoms with Crippen LogP contribution in [0.15, 0.2) is 24.3 Å². The first-order valence-electron chi connectivity index (χ1n) is 8.63. The third-order valence-electron chi connectivity index (χ3n) is 5.96. The Balaban J connectivity index is 1.75. The molecule has 1 nitrogen and oxygen atoms in total. The molecule has 1 saturated heterocycles. The number of halogens is 1. The van der Waals surface area contributed by atoms with Crippen molar-refractivity contribution in [2.24, 2.45) is 5.92 Å². The highest BCUT2D eigenvalue weighted by Crippen LogP contribution is 2.45. The second kappa shape index (κ2) is 6.30. The van der Waals surface area contributed by atoms with Crippen LogP contribution in [0.5, 0.6) is 0 Å². The minimum Gasteiger partial charge on any atom is -0.300 e. The summed E-state index contributed by atoms with van der Waals surface area (Å²) >= 11 is 6.07. The van der Waals surface area contributed by atoms with E-state index >= 15 is 0 Å². The Kier molecular flexibility index (Phi) is 4.61. The van der Waals surface area contributed by atoms with Crippen LogP contribution in [0.2, 0.25) is 5.02 Å². The molecule has 1 aromatic carbocycles. The monoisotopic (exact) mass is 305 g/mol. The fourth-order valence-corrected chi connectivity index (χ4v) is 4.28. The highest BCUT2D eigenvalue weighted by molar-refractivity contribution is 6.30. The van der Waals surface area contributed by atoms with Gasteiger partial charge in [-0.05, 0) is 56.2 Å². The van der Waals surface area contributed by atoms with Gasteiger partial charge in [-0.3, -0.25) is 4.90 Å². The molecule has 2 aliphatic rings. The number of benzene rings is 1. The van der Waals surface area contributed by atoms with Crippen molar-refractivity contribution in [2.75, 3.05) is 13.1 Å². The van der Waals surface area contributed by atoms with E-state index in [1.165, 1.54) is 57.2 Å². The standard InChI is InChI=1S/C19H28ClN/c1-3-16-6-5-15(2)21(13-16)14-19(11-4-12-19)17-7-9-18(20)10-8-17/h7-10,15-16H,3-6,11-14H2,1-2H3. The predicted octanol–water partition coefficient (Wildman–Crippen LogP) is 5.27. The molecule has 0 radical (unpaired) electrons. The van der Waals surface area contributed by atoms with Crippen molar-refractivity contribution in [3.05, 3.63) is 34.9 Å². The van der Waals surface area contributed by atoms with Crippen LogP contribution in [0.3, 0.4) is 0 Å². The first-order valence-corrected chi connectivity index (χ1v) is 9.01. The molecule has 21 heavy (non-hydrogen) atoms. The van der Waals surface area contributed by atoms with Gasteiger partial charge in [0.1, 0.15) is 0 Å². The molecule has 2 fully saturated rings. The summed E-state index contributed by atoms with van der Waals surface area (Å²) in [5, 5.41) is 0.852. The summed E-state index contributed by atoms with van der Waals surface area (Å²) in [7, 11) is 0. The molecule has 2 atom stereocenters. The molecule has 1 heterocycles. The Hall–Kier alpha value is -0.530. The highest BCUT2D eigenvalue weighted by Gasteiger charge is 2.41. The molecule has 116 valence electrons. The molecular formula is C19H28ClN. The second-order valence-electron chi connectivity index (χ2n) is 7.27. The lowest BCUT2D eigenvalue weighted by Crippen LogP contribution is -2.51. The maximum atomic E-state index is 6.07. The van der Waals surface area contributed by atoms with Crippen molar-refractivity contribution >= 4 is 11.6 Å². The lowest BCUT2D eigenvalue weighted by molar-refractivity contribution is 0.0608. The van der Waals surface area contributed by atoms with Gasteiger partial charge in [0.25, 0.3) is 0 Å². The number of piperidine rings is 1. The molecule has 1 aromatic rings. The minimum absolute atomic E-state index is 0.397. The average molecular weight is 306 g/mol. The van der Waals surface area contributed by atoms with Gasteiger partial charge in [0.05, 0.1) is 0 Å². The fraction of sp³-hybridized carbons (Fsp3) is 0.684. The molecule has 0 spiro atoms. The molecule has 0 bridgehead atoms. The lowest BCUT2D eigenvalue weighted by atomic mass is 9.64. The summed E-state index contributed by atoms with van der Waals surface area (Å²) in [6.45, 7) is 7.30. The van der Waals surface area contributed by atoms with Gasteiger partial charge in [0.15, 0.2) is 0 Å². The summed E-state index contributed by atoms with van der Waals surface area (Å²) < 4.78 is 0. The van der Waals surface area contributed by atoms with Crippen molar-refractivity contribution in [3.8, 4) is 0 Å². The van der Waals surface area contributed by atoms with Crippen molar-refractivity contribution in [1.82, 2.24) is 4.90 Å². The van der Waals surface area contributed by atoms with E-state index in [4.69, 9.17) is 11.6 Å². The fourth-order valence-electron chi connectivity index (χ4n) is 4.15. The smallest absolute Gasteiger partial charge is 0.0406 e. The van der Waals surface area contributed by atoms with Gasteiger partial charge in [0, 0.05) is 29.6 Å². The molecule has 1 aliphatic carbocycles. The quantitative estimate of drug-likeness (QED) is 0.732. The van der Waals surface area contributed by atoms with Crippen LogP contribution in [0.4, 0.5) is 0 Å². The summed E-state index contributed by atoms with van der Waals surface area (Å²) in [5.74, 6) is 0.906. The topological polar surface area (TPSA) is 3.24 Å². The molecular weight excluding hydrogens is 278 g/mol. The van der Waals surface area contributed by atoms with Crippen LogP contribution >= 0.6 is 11.6 Å². The van der Waals surface area contributed by atoms with Crippen molar-refractivity contribution in [2.45, 2.75) is 63.8 Å². The van der Waals surface area contributed by atoms with E-state index in [0.717, 1.165) is 17.0 Å². The van der Waals surface area contributed by atoms with Gasteiger partial charge in [-0.15, -0.1) is 0 Å². The number of nitrogens with zero attached hydrogens (tertiary/aromatic N) is 1. The lowest BCUT2D eigenvalue weighted by Gasteiger charge is -2.49. The first kappa shape index (κ1) is 15.4. The number of rotatable bonds is 4. The third-order valence-corrected chi connectivity index (χ3v) is 6.21. The minimum atomic E-state index is 0.397. The molecule has 2 unspecified atom stereocenters. The predicted molar refractivity (Wildman–Crippen MR) is 91.0 cm³/mol. The maximum Gasteiger partial charge on any atom is 0.0406 e. The maximum absolute atomic E-state index is 6.07. The summed E-state index contributed by atoms with van der Waals surface area (Å²) in [4.78, 5) is 2.77. The zero-order valence-corrected chi connectivity index (χ0v) is 14.2. The Morgan fingerprint density at radius 1 is 1.19 bits per heavy atom. The van der Waals surface area contributed by atoms with Gasteiger partial charge in [-0.1, -0.05) is 43.5 Å². The summed E-state index contributed by atoms with van der Waals surface area (Å²) in [6, 6.07) is 9.38. The van der Waals surface area contributed by atoms with E-state index in [0.29, 0.717) is 5.41 Å². The van der Waals surface area contributed by atoms with Gasteiger partial charge in [0.2, 0.25) is 0 Å². The SMILES string of the molecule is CCC1CCC(C)N(CC2(c3ccc(Cl)cc3)CCC2)C1. The largest absolute Gasteiger partial charge is 0.300 e. The van der Waals surface area contributed by atoms with Gasteiger partial charge in [-0.25, -0.2) is 0 Å². The normalized spacial score (nSPS) is 29.1. The first-order chi connectivity index (χ1) is 10.1. The molecule has 0 aromatic heterocycles. The van der Waals surface area contributed by atoms with Crippen molar-refractivity contribution < 1.29 is 0 Å². The van der Waals surface area contributed by atoms with Crippen LogP contribution in [0.25, 0.3) is 0 Å².